The Hall–Kier alpha value is -2.59. The van der Waals surface area contributed by atoms with Crippen LogP contribution in [0.2, 0.25) is 0 Å². The summed E-state index contributed by atoms with van der Waals surface area (Å²) in [4.78, 5) is 4.52. The van der Waals surface area contributed by atoms with Gasteiger partial charge >= 0.3 is 0 Å². The van der Waals surface area contributed by atoms with Gasteiger partial charge in [0, 0.05) is 16.5 Å². The highest BCUT2D eigenvalue weighted by Crippen LogP contribution is 2.40. The smallest absolute Gasteiger partial charge is 0.165 e. The molecule has 0 unspecified atom stereocenters. The van der Waals surface area contributed by atoms with Gasteiger partial charge in [-0.1, -0.05) is 30.3 Å². The molecule has 0 fully saturated rings. The molecule has 4 heteroatoms. The van der Waals surface area contributed by atoms with Crippen molar-refractivity contribution in [1.29, 1.82) is 0 Å². The number of phenols is 1. The van der Waals surface area contributed by atoms with Crippen molar-refractivity contribution in [1.82, 2.24) is 4.98 Å². The Balaban J connectivity index is 2.06. The minimum absolute atomic E-state index is 0.332. The first kappa shape index (κ1) is 13.1. The van der Waals surface area contributed by atoms with Gasteiger partial charge in [-0.15, -0.1) is 11.3 Å². The Labute approximate surface area is 130 Å². The maximum Gasteiger partial charge on any atom is 0.165 e. The molecule has 0 bridgehead atoms. The first-order chi connectivity index (χ1) is 10.7. The lowest BCUT2D eigenvalue weighted by Gasteiger charge is -2.05. The minimum Gasteiger partial charge on any atom is -0.505 e. The molecule has 0 amide bonds. The number of aromatic hydroxyl groups is 1. The number of aromatic amines is 1. The Kier molecular flexibility index (Phi) is 2.98. The number of thiophene rings is 1. The molecule has 2 nitrogen and oxygen atoms in total. The number of para-hydroxylation sites is 1. The molecule has 2 heterocycles. The fraction of sp³-hybridized carbons (Fsp3) is 0. The number of benzene rings is 2. The number of phenolic OH excluding ortho intramolecular Hbond substituents is 1. The predicted octanol–water partition coefficient (Wildman–Crippen LogP) is 5.41. The molecule has 0 atom stereocenters. The monoisotopic (exact) mass is 309 g/mol. The standard InChI is InChI=1S/C18H12FNOS/c19-13-10-11(7-8-15(13)21)17-12-4-1-2-5-14(12)20-18(17)16-6-3-9-22-16/h1-10,20-21H. The Morgan fingerprint density at radius 2 is 1.86 bits per heavy atom. The van der Waals surface area contributed by atoms with Gasteiger partial charge in [0.15, 0.2) is 11.6 Å². The van der Waals surface area contributed by atoms with Crippen molar-refractivity contribution in [3.63, 3.8) is 0 Å². The number of rotatable bonds is 2. The van der Waals surface area contributed by atoms with Gasteiger partial charge in [0.05, 0.1) is 10.6 Å². The second kappa shape index (κ2) is 5.00. The van der Waals surface area contributed by atoms with E-state index in [1.807, 2.05) is 41.8 Å². The van der Waals surface area contributed by atoms with Gasteiger partial charge in [-0.25, -0.2) is 4.39 Å². The van der Waals surface area contributed by atoms with Gasteiger partial charge in [0.1, 0.15) is 0 Å². The van der Waals surface area contributed by atoms with Crippen LogP contribution in [-0.4, -0.2) is 10.1 Å². The van der Waals surface area contributed by atoms with E-state index in [0.717, 1.165) is 32.6 Å². The van der Waals surface area contributed by atoms with Crippen LogP contribution in [0.3, 0.4) is 0 Å². The van der Waals surface area contributed by atoms with Crippen LogP contribution in [-0.2, 0) is 0 Å². The molecule has 0 aliphatic heterocycles. The summed E-state index contributed by atoms with van der Waals surface area (Å²) in [6, 6.07) is 16.5. The van der Waals surface area contributed by atoms with E-state index < -0.39 is 5.82 Å². The molecule has 2 aromatic carbocycles. The summed E-state index contributed by atoms with van der Waals surface area (Å²) < 4.78 is 13.8. The lowest BCUT2D eigenvalue weighted by atomic mass is 10.0. The second-order valence-corrected chi connectivity index (χ2v) is 6.01. The van der Waals surface area contributed by atoms with Crippen LogP contribution in [0.1, 0.15) is 0 Å². The van der Waals surface area contributed by atoms with E-state index in [-0.39, 0.29) is 5.75 Å². The van der Waals surface area contributed by atoms with Gasteiger partial charge in [0.25, 0.3) is 0 Å². The van der Waals surface area contributed by atoms with Crippen LogP contribution in [0.5, 0.6) is 5.75 Å². The molecule has 4 aromatic rings. The molecule has 2 aromatic heterocycles. The summed E-state index contributed by atoms with van der Waals surface area (Å²) in [5, 5.41) is 12.5. The largest absolute Gasteiger partial charge is 0.505 e. The van der Waals surface area contributed by atoms with Gasteiger partial charge in [-0.2, -0.15) is 0 Å². The van der Waals surface area contributed by atoms with Crippen molar-refractivity contribution >= 4 is 22.2 Å². The van der Waals surface area contributed by atoms with E-state index in [4.69, 9.17) is 0 Å². The normalized spacial score (nSPS) is 11.1. The lowest BCUT2D eigenvalue weighted by molar-refractivity contribution is 0.432. The van der Waals surface area contributed by atoms with E-state index in [2.05, 4.69) is 4.98 Å². The van der Waals surface area contributed by atoms with Crippen molar-refractivity contribution in [2.24, 2.45) is 0 Å². The van der Waals surface area contributed by atoms with Crippen LogP contribution in [0, 0.1) is 5.82 Å². The van der Waals surface area contributed by atoms with Crippen LogP contribution in [0.4, 0.5) is 4.39 Å². The molecule has 0 spiro atoms. The highest BCUT2D eigenvalue weighted by molar-refractivity contribution is 7.13. The number of H-pyrrole nitrogens is 1. The van der Waals surface area contributed by atoms with E-state index in [9.17, 15) is 9.50 Å². The number of aromatic nitrogens is 1. The summed E-state index contributed by atoms with van der Waals surface area (Å²) in [7, 11) is 0. The first-order valence-electron chi connectivity index (χ1n) is 6.87. The number of fused-ring (bicyclic) bond motifs is 1. The van der Waals surface area contributed by atoms with Gasteiger partial charge in [-0.3, -0.25) is 0 Å². The average molecular weight is 309 g/mol. The summed E-state index contributed by atoms with van der Waals surface area (Å²) in [5.74, 6) is -0.943. The van der Waals surface area contributed by atoms with Crippen LogP contribution >= 0.6 is 11.3 Å². The van der Waals surface area contributed by atoms with Crippen molar-refractivity contribution in [2.75, 3.05) is 0 Å². The van der Waals surface area contributed by atoms with E-state index in [0.29, 0.717) is 0 Å². The Morgan fingerprint density at radius 1 is 1.00 bits per heavy atom. The number of halogens is 1. The third-order valence-electron chi connectivity index (χ3n) is 3.71. The fourth-order valence-electron chi connectivity index (χ4n) is 2.71. The fourth-order valence-corrected chi connectivity index (χ4v) is 3.44. The average Bonchev–Trinajstić information content (AvgIpc) is 3.16. The summed E-state index contributed by atoms with van der Waals surface area (Å²) in [6.45, 7) is 0. The van der Waals surface area contributed by atoms with Crippen molar-refractivity contribution in [3.05, 3.63) is 65.8 Å². The molecular formula is C18H12FNOS. The molecule has 0 radical (unpaired) electrons. The zero-order valence-electron chi connectivity index (χ0n) is 11.5. The van der Waals surface area contributed by atoms with E-state index >= 15 is 0 Å². The first-order valence-corrected chi connectivity index (χ1v) is 7.75. The maximum atomic E-state index is 13.8. The molecule has 0 aliphatic rings. The molecule has 22 heavy (non-hydrogen) atoms. The third-order valence-corrected chi connectivity index (χ3v) is 4.60. The zero-order valence-corrected chi connectivity index (χ0v) is 12.3. The van der Waals surface area contributed by atoms with E-state index in [1.54, 1.807) is 17.4 Å². The summed E-state index contributed by atoms with van der Waals surface area (Å²) in [6.07, 6.45) is 0. The highest BCUT2D eigenvalue weighted by Gasteiger charge is 2.16. The van der Waals surface area contributed by atoms with Crippen LogP contribution in [0.25, 0.3) is 32.6 Å². The van der Waals surface area contributed by atoms with Crippen LogP contribution < -0.4 is 0 Å². The van der Waals surface area contributed by atoms with Crippen LogP contribution in [0.15, 0.2) is 60.0 Å². The second-order valence-electron chi connectivity index (χ2n) is 5.06. The van der Waals surface area contributed by atoms with Gasteiger partial charge in [0.2, 0.25) is 0 Å². The lowest BCUT2D eigenvalue weighted by Crippen LogP contribution is -1.83. The molecule has 2 N–H and O–H groups in total. The van der Waals surface area contributed by atoms with E-state index in [1.165, 1.54) is 12.1 Å². The van der Waals surface area contributed by atoms with Crippen molar-refractivity contribution in [3.8, 4) is 27.4 Å². The quantitative estimate of drug-likeness (QED) is 0.510. The minimum atomic E-state index is -0.611. The van der Waals surface area contributed by atoms with Gasteiger partial charge in [-0.05, 0) is 35.2 Å². The predicted molar refractivity (Wildman–Crippen MR) is 88.7 cm³/mol. The maximum absolute atomic E-state index is 13.8. The summed E-state index contributed by atoms with van der Waals surface area (Å²) in [5.41, 5.74) is 3.68. The topological polar surface area (TPSA) is 36.0 Å². The number of hydrogen-bond acceptors (Lipinski definition) is 2. The molecule has 0 aliphatic carbocycles. The summed E-state index contributed by atoms with van der Waals surface area (Å²) >= 11 is 1.63. The molecular weight excluding hydrogens is 297 g/mol. The van der Waals surface area contributed by atoms with Gasteiger partial charge < -0.3 is 10.1 Å². The Bertz CT molecular complexity index is 957. The third kappa shape index (κ3) is 2.00. The van der Waals surface area contributed by atoms with Crippen molar-refractivity contribution in [2.45, 2.75) is 0 Å². The number of hydrogen-bond donors (Lipinski definition) is 2. The number of nitrogens with one attached hydrogen (secondary N) is 1. The molecule has 108 valence electrons. The zero-order chi connectivity index (χ0) is 15.1. The molecule has 4 rings (SSSR count). The van der Waals surface area contributed by atoms with Crippen molar-refractivity contribution < 1.29 is 9.50 Å². The molecule has 0 saturated carbocycles. The Morgan fingerprint density at radius 3 is 2.64 bits per heavy atom. The molecule has 0 saturated heterocycles. The SMILES string of the molecule is Oc1ccc(-c2c(-c3cccs3)[nH]c3ccccc23)cc1F. The highest BCUT2D eigenvalue weighted by atomic mass is 32.1.